The summed E-state index contributed by atoms with van der Waals surface area (Å²) in [4.78, 5) is 23.3. The predicted octanol–water partition coefficient (Wildman–Crippen LogP) is 7.09. The number of nitrogens with one attached hydrogen (secondary N) is 2. The maximum absolute atomic E-state index is 15.0. The molecule has 6 rings (SSSR count). The van der Waals surface area contributed by atoms with Gasteiger partial charge in [0.25, 0.3) is 0 Å². The van der Waals surface area contributed by atoms with E-state index in [2.05, 4.69) is 25.3 Å². The summed E-state index contributed by atoms with van der Waals surface area (Å²) in [5.41, 5.74) is 1.71. The molecular formula is C32H28F4N7OS+. The van der Waals surface area contributed by atoms with Crippen LogP contribution in [0, 0.1) is 23.3 Å². The lowest BCUT2D eigenvalue weighted by molar-refractivity contribution is -0.366. The molecule has 0 atom stereocenters. The second kappa shape index (κ2) is 13.1. The van der Waals surface area contributed by atoms with Gasteiger partial charge >= 0.3 is 5.82 Å². The van der Waals surface area contributed by atoms with Crippen molar-refractivity contribution < 1.29 is 27.3 Å². The molecule has 1 aliphatic rings. The highest BCUT2D eigenvalue weighted by atomic mass is 32.1. The Bertz CT molecular complexity index is 1870. The monoisotopic (exact) mass is 634 g/mol. The topological polar surface area (TPSA) is 89.7 Å². The summed E-state index contributed by atoms with van der Waals surface area (Å²) < 4.78 is 63.6. The van der Waals surface area contributed by atoms with Gasteiger partial charge in [0.15, 0.2) is 11.6 Å². The van der Waals surface area contributed by atoms with E-state index in [0.29, 0.717) is 65.2 Å². The number of aromatic amines is 1. The van der Waals surface area contributed by atoms with Gasteiger partial charge in [-0.2, -0.15) is 4.39 Å². The van der Waals surface area contributed by atoms with Crippen LogP contribution in [0.1, 0.15) is 30.3 Å². The van der Waals surface area contributed by atoms with Crippen LogP contribution < -0.4 is 15.2 Å². The van der Waals surface area contributed by atoms with Gasteiger partial charge in [-0.25, -0.2) is 33.1 Å². The first-order valence-electron chi connectivity index (χ1n) is 14.2. The number of ether oxygens (including phenoxy) is 1. The van der Waals surface area contributed by atoms with Gasteiger partial charge < -0.3 is 10.1 Å². The number of anilines is 3. The minimum absolute atomic E-state index is 0.0428. The fraction of sp³-hybridized carbons (Fsp3) is 0.219. The third kappa shape index (κ3) is 6.84. The van der Waals surface area contributed by atoms with Crippen molar-refractivity contribution in [2.75, 3.05) is 36.5 Å². The van der Waals surface area contributed by atoms with Gasteiger partial charge in [-0.3, -0.25) is 9.89 Å². The van der Waals surface area contributed by atoms with Gasteiger partial charge in [-0.15, -0.1) is 11.3 Å². The molecule has 0 unspecified atom stereocenters. The number of thiazole rings is 1. The number of aliphatic imine (C=N–C) groups is 1. The zero-order chi connectivity index (χ0) is 31.5. The van der Waals surface area contributed by atoms with Gasteiger partial charge in [-0.05, 0) is 35.9 Å². The Morgan fingerprint density at radius 2 is 1.84 bits per heavy atom. The highest BCUT2D eigenvalue weighted by Crippen LogP contribution is 2.40. The number of pyridine rings is 1. The molecule has 45 heavy (non-hydrogen) atoms. The van der Waals surface area contributed by atoms with Crippen LogP contribution in [0.5, 0.6) is 0 Å². The second-order valence-corrected chi connectivity index (χ2v) is 11.6. The number of hydrogen-bond donors (Lipinski definition) is 1. The van der Waals surface area contributed by atoms with Crippen molar-refractivity contribution in [3.05, 3.63) is 94.8 Å². The lowest BCUT2D eigenvalue weighted by Gasteiger charge is -2.21. The molecule has 0 amide bonds. The molecule has 1 aliphatic heterocycles. The summed E-state index contributed by atoms with van der Waals surface area (Å²) in [6.07, 6.45) is 4.44. The van der Waals surface area contributed by atoms with E-state index >= 15 is 0 Å². The Morgan fingerprint density at radius 1 is 1.02 bits per heavy atom. The van der Waals surface area contributed by atoms with Gasteiger partial charge in [0, 0.05) is 30.0 Å². The average Bonchev–Trinajstić information content (AvgIpc) is 3.49. The number of aromatic nitrogens is 4. The van der Waals surface area contributed by atoms with Crippen LogP contribution >= 0.6 is 11.3 Å². The Kier molecular flexibility index (Phi) is 8.80. The van der Waals surface area contributed by atoms with Crippen LogP contribution in [0.3, 0.4) is 0 Å². The molecule has 0 bridgehead atoms. The molecule has 8 nitrogen and oxygen atoms in total. The number of nitrogens with zero attached hydrogens (tertiary/aromatic N) is 5. The summed E-state index contributed by atoms with van der Waals surface area (Å²) in [7, 11) is 0. The average molecular weight is 635 g/mol. The van der Waals surface area contributed by atoms with E-state index in [4.69, 9.17) is 9.72 Å². The standard InChI is InChI=1S/C32H27F4N7OS/c1-18(2)31-42-28(20-13-23(34)27(36)26(14-20)38-16-19-4-3-5-21(33)12-19)29(45-31)25-6-7-37-32(41-25)40-22-15-24(35)30(39-17-22)43-8-10-44-11-9-43/h3-7,12-18H,8-11H2,1-2H3,(H,37,40,41)/p+1. The molecule has 0 aliphatic carbocycles. The van der Waals surface area contributed by atoms with Gasteiger partial charge in [0.1, 0.15) is 30.8 Å². The Hall–Kier alpha value is -4.75. The molecule has 0 spiro atoms. The van der Waals surface area contributed by atoms with Crippen LogP contribution in [0.25, 0.3) is 21.8 Å². The highest BCUT2D eigenvalue weighted by Gasteiger charge is 2.24. The lowest BCUT2D eigenvalue weighted by atomic mass is 10.1. The number of rotatable bonds is 8. The van der Waals surface area contributed by atoms with E-state index in [0.717, 1.165) is 11.1 Å². The molecule has 0 saturated carbocycles. The fourth-order valence-electron chi connectivity index (χ4n) is 4.73. The zero-order valence-electron chi connectivity index (χ0n) is 24.3. The van der Waals surface area contributed by atoms with Crippen molar-refractivity contribution in [2.24, 2.45) is 4.99 Å². The van der Waals surface area contributed by atoms with Crippen LogP contribution in [-0.4, -0.2) is 47.5 Å². The van der Waals surface area contributed by atoms with Crippen LogP contribution in [0.15, 0.2) is 65.9 Å². The number of morpholine rings is 1. The number of H-pyrrole nitrogens is 1. The van der Waals surface area contributed by atoms with Crippen molar-refractivity contribution in [3.8, 4) is 21.8 Å². The molecular weight excluding hydrogens is 606 g/mol. The molecule has 1 saturated heterocycles. The Labute approximate surface area is 260 Å². The van der Waals surface area contributed by atoms with Crippen molar-refractivity contribution in [2.45, 2.75) is 19.8 Å². The van der Waals surface area contributed by atoms with E-state index in [-0.39, 0.29) is 17.6 Å². The summed E-state index contributed by atoms with van der Waals surface area (Å²) in [5.74, 6) is -2.52. The van der Waals surface area contributed by atoms with Gasteiger partial charge in [0.2, 0.25) is 11.8 Å². The minimum Gasteiger partial charge on any atom is -0.373 e. The lowest BCUT2D eigenvalue weighted by Crippen LogP contribution is -2.40. The number of hydrogen-bond acceptors (Lipinski definition) is 8. The first-order valence-corrected chi connectivity index (χ1v) is 15.0. The molecule has 4 heterocycles. The third-order valence-corrected chi connectivity index (χ3v) is 8.34. The fourth-order valence-corrected chi connectivity index (χ4v) is 5.79. The van der Waals surface area contributed by atoms with E-state index in [1.807, 2.05) is 18.7 Å². The number of halogens is 4. The molecule has 2 aromatic carbocycles. The van der Waals surface area contributed by atoms with Crippen LogP contribution in [-0.2, 0) is 4.74 Å². The maximum Gasteiger partial charge on any atom is 0.311 e. The second-order valence-electron chi connectivity index (χ2n) is 10.6. The van der Waals surface area contributed by atoms with E-state index < -0.39 is 23.3 Å². The summed E-state index contributed by atoms with van der Waals surface area (Å²) >= 11 is 1.37. The van der Waals surface area contributed by atoms with Crippen molar-refractivity contribution >= 4 is 40.7 Å². The highest BCUT2D eigenvalue weighted by molar-refractivity contribution is 7.15. The quantitative estimate of drug-likeness (QED) is 0.145. The van der Waals surface area contributed by atoms with Gasteiger partial charge in [0.05, 0.1) is 40.2 Å². The molecule has 5 aromatic rings. The first-order chi connectivity index (χ1) is 21.7. The normalized spacial score (nSPS) is 13.6. The van der Waals surface area contributed by atoms with Crippen LogP contribution in [0.4, 0.5) is 40.7 Å². The Balaban J connectivity index is 1.33. The summed E-state index contributed by atoms with van der Waals surface area (Å²) in [5, 5.41) is 3.79. The van der Waals surface area contributed by atoms with Crippen molar-refractivity contribution in [3.63, 3.8) is 0 Å². The van der Waals surface area contributed by atoms with E-state index in [1.165, 1.54) is 47.9 Å². The molecule has 2 N–H and O–H groups in total. The van der Waals surface area contributed by atoms with E-state index in [9.17, 15) is 17.6 Å². The van der Waals surface area contributed by atoms with Gasteiger partial charge in [-0.1, -0.05) is 26.0 Å². The molecule has 0 radical (unpaired) electrons. The van der Waals surface area contributed by atoms with Crippen molar-refractivity contribution in [1.29, 1.82) is 0 Å². The predicted molar refractivity (Wildman–Crippen MR) is 166 cm³/mol. The maximum atomic E-state index is 15.0. The minimum atomic E-state index is -1.13. The molecule has 1 fully saturated rings. The van der Waals surface area contributed by atoms with E-state index in [1.54, 1.807) is 24.5 Å². The smallest absolute Gasteiger partial charge is 0.311 e. The largest absolute Gasteiger partial charge is 0.373 e. The molecule has 13 heteroatoms. The molecule has 230 valence electrons. The molecule has 3 aromatic heterocycles. The third-order valence-electron chi connectivity index (χ3n) is 6.97. The zero-order valence-corrected chi connectivity index (χ0v) is 25.1. The summed E-state index contributed by atoms with van der Waals surface area (Å²) in [6.45, 7) is 6.18. The Morgan fingerprint density at radius 3 is 2.60 bits per heavy atom. The summed E-state index contributed by atoms with van der Waals surface area (Å²) in [6, 6.07) is 11.1. The van der Waals surface area contributed by atoms with Crippen LogP contribution in [0.2, 0.25) is 0 Å². The van der Waals surface area contributed by atoms with Crippen molar-refractivity contribution in [1.82, 2.24) is 15.0 Å². The number of benzene rings is 2. The SMILES string of the molecule is CC(C)c1nc(-c2cc(F)c(F)c(N=Cc3cccc(F)c3)c2)c(-c2ccnc(Nc3c[nH+]c(N4CCOCC4)c(F)c3)n2)s1. The first kappa shape index (κ1) is 30.3.